The highest BCUT2D eigenvalue weighted by atomic mass is 16.5. The first-order valence-electron chi connectivity index (χ1n) is 7.20. The monoisotopic (exact) mass is 294 g/mol. The Kier molecular flexibility index (Phi) is 7.02. The Morgan fingerprint density at radius 2 is 2.05 bits per heavy atom. The maximum Gasteiger partial charge on any atom is 0.236 e. The Morgan fingerprint density at radius 3 is 2.62 bits per heavy atom. The van der Waals surface area contributed by atoms with Gasteiger partial charge < -0.3 is 19.7 Å². The number of rotatable bonds is 8. The molecule has 1 atom stereocenters. The van der Waals surface area contributed by atoms with Crippen molar-refractivity contribution >= 4 is 5.91 Å². The van der Waals surface area contributed by atoms with Crippen LogP contribution in [0.2, 0.25) is 0 Å². The van der Waals surface area contributed by atoms with Crippen LogP contribution in [0, 0.1) is 0 Å². The molecule has 0 aromatic heterocycles. The second kappa shape index (κ2) is 8.52. The third-order valence-corrected chi connectivity index (χ3v) is 3.53. The number of methoxy groups -OCH3 is 2. The lowest BCUT2D eigenvalue weighted by Gasteiger charge is -2.21. The highest BCUT2D eigenvalue weighted by Gasteiger charge is 2.15. The summed E-state index contributed by atoms with van der Waals surface area (Å²) in [6.45, 7) is 4.99. The molecule has 0 bridgehead atoms. The van der Waals surface area contributed by atoms with Crippen molar-refractivity contribution in [3.05, 3.63) is 23.8 Å². The summed E-state index contributed by atoms with van der Waals surface area (Å²) in [5, 5.41) is 3.20. The molecule has 5 heteroatoms. The first kappa shape index (κ1) is 17.3. The topological polar surface area (TPSA) is 50.8 Å². The fourth-order valence-corrected chi connectivity index (χ4v) is 1.96. The Hall–Kier alpha value is -1.75. The van der Waals surface area contributed by atoms with E-state index >= 15 is 0 Å². The average molecular weight is 294 g/mol. The number of carbonyl (C=O) groups is 1. The largest absolute Gasteiger partial charge is 0.493 e. The Labute approximate surface area is 127 Å². The van der Waals surface area contributed by atoms with Crippen LogP contribution in [0.4, 0.5) is 0 Å². The van der Waals surface area contributed by atoms with Crippen molar-refractivity contribution in [3.63, 3.8) is 0 Å². The highest BCUT2D eigenvalue weighted by molar-refractivity contribution is 5.78. The molecular formula is C16H26N2O3. The minimum absolute atomic E-state index is 0.0557. The van der Waals surface area contributed by atoms with Crippen LogP contribution < -0.4 is 14.8 Å². The lowest BCUT2D eigenvalue weighted by atomic mass is 10.1. The number of hydrogen-bond acceptors (Lipinski definition) is 4. The van der Waals surface area contributed by atoms with Gasteiger partial charge in [-0.15, -0.1) is 0 Å². The molecular weight excluding hydrogens is 268 g/mol. The Bertz CT molecular complexity index is 463. The van der Waals surface area contributed by atoms with E-state index in [1.54, 1.807) is 26.2 Å². The summed E-state index contributed by atoms with van der Waals surface area (Å²) in [5.74, 6) is 1.41. The maximum atomic E-state index is 12.1. The van der Waals surface area contributed by atoms with Gasteiger partial charge in [-0.05, 0) is 19.4 Å². The Morgan fingerprint density at radius 1 is 1.33 bits per heavy atom. The van der Waals surface area contributed by atoms with E-state index in [9.17, 15) is 4.79 Å². The predicted octanol–water partition coefficient (Wildman–Crippen LogP) is 2.05. The molecule has 0 aliphatic carbocycles. The summed E-state index contributed by atoms with van der Waals surface area (Å²) < 4.78 is 10.7. The first-order chi connectivity index (χ1) is 10.0. The number of para-hydroxylation sites is 1. The van der Waals surface area contributed by atoms with Gasteiger partial charge >= 0.3 is 0 Å². The molecule has 1 amide bonds. The van der Waals surface area contributed by atoms with Gasteiger partial charge in [-0.2, -0.15) is 0 Å². The quantitative estimate of drug-likeness (QED) is 0.797. The lowest BCUT2D eigenvalue weighted by Crippen LogP contribution is -2.38. The van der Waals surface area contributed by atoms with Crippen LogP contribution in [0.3, 0.4) is 0 Å². The number of nitrogens with one attached hydrogen (secondary N) is 1. The molecule has 0 aliphatic heterocycles. The van der Waals surface area contributed by atoms with Crippen molar-refractivity contribution in [2.75, 3.05) is 27.8 Å². The third-order valence-electron chi connectivity index (χ3n) is 3.53. The second-order valence-electron chi connectivity index (χ2n) is 5.09. The molecule has 1 rings (SSSR count). The smallest absolute Gasteiger partial charge is 0.236 e. The van der Waals surface area contributed by atoms with Crippen molar-refractivity contribution < 1.29 is 14.3 Å². The van der Waals surface area contributed by atoms with E-state index in [0.29, 0.717) is 30.6 Å². The van der Waals surface area contributed by atoms with Gasteiger partial charge in [0.2, 0.25) is 5.91 Å². The summed E-state index contributed by atoms with van der Waals surface area (Å²) in [4.78, 5) is 13.8. The number of carbonyl (C=O) groups excluding carboxylic acids is 1. The van der Waals surface area contributed by atoms with Gasteiger partial charge in [-0.1, -0.05) is 19.1 Å². The van der Waals surface area contributed by atoms with E-state index in [2.05, 4.69) is 19.2 Å². The first-order valence-corrected chi connectivity index (χ1v) is 7.20. The molecule has 0 fully saturated rings. The molecule has 118 valence electrons. The molecule has 1 unspecified atom stereocenters. The van der Waals surface area contributed by atoms with Crippen molar-refractivity contribution in [2.24, 2.45) is 0 Å². The van der Waals surface area contributed by atoms with Gasteiger partial charge in [0, 0.05) is 25.2 Å². The minimum atomic E-state index is 0.0557. The van der Waals surface area contributed by atoms with Crippen LogP contribution in [-0.2, 0) is 11.3 Å². The molecule has 0 radical (unpaired) electrons. The standard InChI is InChI=1S/C16H26N2O3/c1-6-12(2)17-10-15(19)18(3)11-13-8-7-9-14(20-4)16(13)21-5/h7-9,12,17H,6,10-11H2,1-5H3. The number of amides is 1. The third kappa shape index (κ3) is 4.93. The summed E-state index contributed by atoms with van der Waals surface area (Å²) in [6.07, 6.45) is 1.00. The van der Waals surface area contributed by atoms with Gasteiger partial charge in [0.05, 0.1) is 20.8 Å². The molecule has 1 aromatic carbocycles. The van der Waals surface area contributed by atoms with Crippen LogP contribution in [0.1, 0.15) is 25.8 Å². The van der Waals surface area contributed by atoms with Crippen LogP contribution in [0.5, 0.6) is 11.5 Å². The van der Waals surface area contributed by atoms with Crippen molar-refractivity contribution in [1.29, 1.82) is 0 Å². The second-order valence-corrected chi connectivity index (χ2v) is 5.09. The number of ether oxygens (including phenoxy) is 2. The molecule has 0 saturated carbocycles. The van der Waals surface area contributed by atoms with Gasteiger partial charge in [0.25, 0.3) is 0 Å². The zero-order valence-electron chi connectivity index (χ0n) is 13.6. The molecule has 0 saturated heterocycles. The van der Waals surface area contributed by atoms with Crippen molar-refractivity contribution in [2.45, 2.75) is 32.9 Å². The maximum absolute atomic E-state index is 12.1. The van der Waals surface area contributed by atoms with E-state index in [-0.39, 0.29) is 5.91 Å². The van der Waals surface area contributed by atoms with Crippen LogP contribution in [-0.4, -0.2) is 44.7 Å². The van der Waals surface area contributed by atoms with E-state index in [1.165, 1.54) is 0 Å². The lowest BCUT2D eigenvalue weighted by molar-refractivity contribution is -0.129. The Balaban J connectivity index is 2.70. The SMILES string of the molecule is CCC(C)NCC(=O)N(C)Cc1cccc(OC)c1OC. The summed E-state index contributed by atoms with van der Waals surface area (Å²) in [6, 6.07) is 6.02. The predicted molar refractivity (Wildman–Crippen MR) is 83.8 cm³/mol. The minimum Gasteiger partial charge on any atom is -0.493 e. The molecule has 0 spiro atoms. The van der Waals surface area contributed by atoms with E-state index < -0.39 is 0 Å². The number of benzene rings is 1. The number of hydrogen-bond donors (Lipinski definition) is 1. The number of likely N-dealkylation sites (N-methyl/N-ethyl adjacent to an activating group) is 1. The van der Waals surface area contributed by atoms with Crippen LogP contribution >= 0.6 is 0 Å². The van der Waals surface area contributed by atoms with Gasteiger partial charge in [-0.25, -0.2) is 0 Å². The van der Waals surface area contributed by atoms with Crippen LogP contribution in [0.25, 0.3) is 0 Å². The van der Waals surface area contributed by atoms with Crippen molar-refractivity contribution in [1.82, 2.24) is 10.2 Å². The summed E-state index contributed by atoms with van der Waals surface area (Å²) in [5.41, 5.74) is 0.927. The normalized spacial score (nSPS) is 11.9. The molecule has 0 aliphatic rings. The summed E-state index contributed by atoms with van der Waals surface area (Å²) in [7, 11) is 5.00. The van der Waals surface area contributed by atoms with Gasteiger partial charge in [0.15, 0.2) is 11.5 Å². The zero-order valence-corrected chi connectivity index (χ0v) is 13.6. The van der Waals surface area contributed by atoms with Gasteiger partial charge in [0.1, 0.15) is 0 Å². The molecule has 1 aromatic rings. The molecule has 5 nitrogen and oxygen atoms in total. The average Bonchev–Trinajstić information content (AvgIpc) is 2.51. The highest BCUT2D eigenvalue weighted by Crippen LogP contribution is 2.31. The molecule has 0 heterocycles. The summed E-state index contributed by atoms with van der Waals surface area (Å²) >= 11 is 0. The van der Waals surface area contributed by atoms with E-state index in [0.717, 1.165) is 12.0 Å². The molecule has 21 heavy (non-hydrogen) atoms. The van der Waals surface area contributed by atoms with E-state index in [4.69, 9.17) is 9.47 Å². The van der Waals surface area contributed by atoms with Crippen molar-refractivity contribution in [3.8, 4) is 11.5 Å². The van der Waals surface area contributed by atoms with Gasteiger partial charge in [-0.3, -0.25) is 4.79 Å². The van der Waals surface area contributed by atoms with Crippen LogP contribution in [0.15, 0.2) is 18.2 Å². The fraction of sp³-hybridized carbons (Fsp3) is 0.562. The van der Waals surface area contributed by atoms with E-state index in [1.807, 2.05) is 18.2 Å². The number of nitrogens with zero attached hydrogens (tertiary/aromatic N) is 1. The molecule has 1 N–H and O–H groups in total. The zero-order chi connectivity index (χ0) is 15.8. The fourth-order valence-electron chi connectivity index (χ4n) is 1.96.